The highest BCUT2D eigenvalue weighted by Crippen LogP contribution is 2.10. The van der Waals surface area contributed by atoms with Gasteiger partial charge in [-0.2, -0.15) is 4.79 Å². The summed E-state index contributed by atoms with van der Waals surface area (Å²) in [6, 6.07) is 11.8. The highest BCUT2D eigenvalue weighted by atomic mass is 15.6. The third kappa shape index (κ3) is 3.86. The third-order valence-electron chi connectivity index (χ3n) is 3.17. The zero-order valence-electron chi connectivity index (χ0n) is 12.1. The number of rotatable bonds is 6. The molecule has 0 aromatic carbocycles. The van der Waals surface area contributed by atoms with Gasteiger partial charge in [-0.1, -0.05) is 12.1 Å². The van der Waals surface area contributed by atoms with Crippen LogP contribution in [-0.2, 0) is 19.6 Å². The monoisotopic (exact) mass is 295 g/mol. The van der Waals surface area contributed by atoms with Crippen molar-refractivity contribution in [1.82, 2.24) is 30.0 Å². The minimum Gasteiger partial charge on any atom is -0.322 e. The zero-order chi connectivity index (χ0) is 15.2. The van der Waals surface area contributed by atoms with E-state index in [1.807, 2.05) is 36.4 Å². The Hall–Kier alpha value is -2.80. The number of nitrogens with two attached hydrogens (primary N) is 1. The lowest BCUT2D eigenvalue weighted by atomic mass is 10.2. The van der Waals surface area contributed by atoms with Crippen molar-refractivity contribution in [3.05, 3.63) is 72.1 Å². The molecule has 0 aliphatic carbocycles. The number of aromatic nitrogens is 5. The smallest absolute Gasteiger partial charge is 0.0989 e. The van der Waals surface area contributed by atoms with Crippen LogP contribution in [0.3, 0.4) is 0 Å². The van der Waals surface area contributed by atoms with Crippen molar-refractivity contribution in [3.63, 3.8) is 0 Å². The van der Waals surface area contributed by atoms with Crippen LogP contribution in [0.2, 0.25) is 0 Å². The average molecular weight is 295 g/mol. The molecule has 3 heterocycles. The van der Waals surface area contributed by atoms with Crippen LogP contribution in [-0.4, -0.2) is 30.0 Å². The van der Waals surface area contributed by atoms with Crippen molar-refractivity contribution in [1.29, 1.82) is 0 Å². The third-order valence-corrected chi connectivity index (χ3v) is 3.17. The summed E-state index contributed by atoms with van der Waals surface area (Å²) >= 11 is 0. The van der Waals surface area contributed by atoms with Gasteiger partial charge in [-0.25, -0.2) is 0 Å². The highest BCUT2D eigenvalue weighted by molar-refractivity contribution is 5.07. The molecule has 0 unspecified atom stereocenters. The molecule has 22 heavy (non-hydrogen) atoms. The van der Waals surface area contributed by atoms with Gasteiger partial charge in [0.2, 0.25) is 0 Å². The van der Waals surface area contributed by atoms with Gasteiger partial charge in [-0.05, 0) is 29.5 Å². The summed E-state index contributed by atoms with van der Waals surface area (Å²) in [6.45, 7) is 2.04. The van der Waals surface area contributed by atoms with Gasteiger partial charge < -0.3 is 5.84 Å². The van der Waals surface area contributed by atoms with Crippen molar-refractivity contribution in [2.45, 2.75) is 19.6 Å². The number of nitrogen functional groups attached to an aromatic ring is 1. The Morgan fingerprint density at radius 1 is 0.864 bits per heavy atom. The summed E-state index contributed by atoms with van der Waals surface area (Å²) in [7, 11) is 0. The first-order chi connectivity index (χ1) is 10.8. The number of hydrogen-bond acceptors (Lipinski definition) is 6. The van der Waals surface area contributed by atoms with E-state index in [-0.39, 0.29) is 0 Å². The maximum Gasteiger partial charge on any atom is 0.0989 e. The quantitative estimate of drug-likeness (QED) is 0.682. The second-order valence-electron chi connectivity index (χ2n) is 4.98. The molecule has 0 saturated carbocycles. The SMILES string of the molecule is Nn1cc(CN(Cc2ccccn2)Cc2ccccn2)nn1. The topological polar surface area (TPSA) is 85.8 Å². The van der Waals surface area contributed by atoms with E-state index in [2.05, 4.69) is 25.2 Å². The molecule has 2 N–H and O–H groups in total. The van der Waals surface area contributed by atoms with Crippen LogP contribution >= 0.6 is 0 Å². The molecule has 7 heteroatoms. The molecule has 0 aliphatic rings. The Morgan fingerprint density at radius 2 is 1.45 bits per heavy atom. The molecule has 0 bridgehead atoms. The van der Waals surface area contributed by atoms with E-state index in [4.69, 9.17) is 5.84 Å². The van der Waals surface area contributed by atoms with Crippen LogP contribution in [0.4, 0.5) is 0 Å². The summed E-state index contributed by atoms with van der Waals surface area (Å²) < 4.78 is 0. The lowest BCUT2D eigenvalue weighted by Gasteiger charge is -2.20. The first-order valence-corrected chi connectivity index (χ1v) is 6.98. The van der Waals surface area contributed by atoms with E-state index < -0.39 is 0 Å². The number of pyridine rings is 2. The van der Waals surface area contributed by atoms with E-state index in [9.17, 15) is 0 Å². The maximum atomic E-state index is 5.56. The predicted octanol–water partition coefficient (Wildman–Crippen LogP) is 0.984. The number of hydrogen-bond donors (Lipinski definition) is 1. The Balaban J connectivity index is 1.75. The zero-order valence-corrected chi connectivity index (χ0v) is 12.1. The molecule has 0 spiro atoms. The van der Waals surface area contributed by atoms with E-state index in [0.29, 0.717) is 19.6 Å². The van der Waals surface area contributed by atoms with Crippen LogP contribution in [0.15, 0.2) is 55.0 Å². The second kappa shape index (κ2) is 6.77. The Labute approximate surface area is 128 Å². The largest absolute Gasteiger partial charge is 0.322 e. The van der Waals surface area contributed by atoms with Crippen LogP contribution in [0.5, 0.6) is 0 Å². The fraction of sp³-hybridized carbons (Fsp3) is 0.200. The minimum absolute atomic E-state index is 0.629. The molecular formula is C15H17N7. The summed E-state index contributed by atoms with van der Waals surface area (Å²) in [5.74, 6) is 5.56. The van der Waals surface area contributed by atoms with Crippen LogP contribution in [0.25, 0.3) is 0 Å². The Bertz CT molecular complexity index is 655. The molecule has 3 aromatic rings. The summed E-state index contributed by atoms with van der Waals surface area (Å²) in [6.07, 6.45) is 5.30. The van der Waals surface area contributed by atoms with Gasteiger partial charge in [0.1, 0.15) is 0 Å². The van der Waals surface area contributed by atoms with Crippen LogP contribution < -0.4 is 5.84 Å². The minimum atomic E-state index is 0.629. The van der Waals surface area contributed by atoms with Crippen molar-refractivity contribution in [3.8, 4) is 0 Å². The molecule has 0 aliphatic heterocycles. The first-order valence-electron chi connectivity index (χ1n) is 6.98. The van der Waals surface area contributed by atoms with Gasteiger partial charge in [0.05, 0.1) is 23.3 Å². The molecule has 7 nitrogen and oxygen atoms in total. The fourth-order valence-corrected chi connectivity index (χ4v) is 2.22. The molecule has 3 aromatic heterocycles. The van der Waals surface area contributed by atoms with Gasteiger partial charge >= 0.3 is 0 Å². The Kier molecular flexibility index (Phi) is 4.35. The molecule has 0 atom stereocenters. The van der Waals surface area contributed by atoms with Gasteiger partial charge in [0.25, 0.3) is 0 Å². The highest BCUT2D eigenvalue weighted by Gasteiger charge is 2.11. The first kappa shape index (κ1) is 14.2. The molecule has 0 fully saturated rings. The van der Waals surface area contributed by atoms with Gasteiger partial charge in [-0.15, -0.1) is 5.10 Å². The van der Waals surface area contributed by atoms with Crippen molar-refractivity contribution >= 4 is 0 Å². The molecule has 0 saturated heterocycles. The predicted molar refractivity (Wildman–Crippen MR) is 81.6 cm³/mol. The molecule has 112 valence electrons. The lowest BCUT2D eigenvalue weighted by Crippen LogP contribution is -2.23. The average Bonchev–Trinajstić information content (AvgIpc) is 2.94. The molecule has 0 radical (unpaired) electrons. The maximum absolute atomic E-state index is 5.56. The summed E-state index contributed by atoms with van der Waals surface area (Å²) in [5.41, 5.74) is 2.81. The van der Waals surface area contributed by atoms with E-state index >= 15 is 0 Å². The molecule has 0 amide bonds. The van der Waals surface area contributed by atoms with E-state index in [0.717, 1.165) is 17.1 Å². The van der Waals surface area contributed by atoms with Crippen molar-refractivity contribution < 1.29 is 0 Å². The van der Waals surface area contributed by atoms with Gasteiger partial charge in [-0.3, -0.25) is 14.9 Å². The van der Waals surface area contributed by atoms with Crippen LogP contribution in [0.1, 0.15) is 17.1 Å². The number of nitrogens with zero attached hydrogens (tertiary/aromatic N) is 6. The summed E-state index contributed by atoms with van der Waals surface area (Å²) in [5, 5.41) is 7.81. The standard InChI is InChI=1S/C15H17N7/c16-22-12-15(19-20-22)11-21(9-13-5-1-3-7-17-13)10-14-6-2-4-8-18-14/h1-8,12H,9-11,16H2. The summed E-state index contributed by atoms with van der Waals surface area (Å²) in [4.78, 5) is 12.2. The van der Waals surface area contributed by atoms with Gasteiger partial charge in [0.15, 0.2) is 0 Å². The van der Waals surface area contributed by atoms with E-state index in [1.165, 1.54) is 4.79 Å². The van der Waals surface area contributed by atoms with Gasteiger partial charge in [0, 0.05) is 32.0 Å². The van der Waals surface area contributed by atoms with Crippen molar-refractivity contribution in [2.75, 3.05) is 5.84 Å². The molecular weight excluding hydrogens is 278 g/mol. The second-order valence-corrected chi connectivity index (χ2v) is 4.98. The lowest BCUT2D eigenvalue weighted by molar-refractivity contribution is 0.238. The van der Waals surface area contributed by atoms with Crippen LogP contribution in [0, 0.1) is 0 Å². The Morgan fingerprint density at radius 3 is 1.91 bits per heavy atom. The fourth-order valence-electron chi connectivity index (χ4n) is 2.22. The normalized spacial score (nSPS) is 11.0. The molecule has 3 rings (SSSR count). The van der Waals surface area contributed by atoms with E-state index in [1.54, 1.807) is 18.6 Å². The van der Waals surface area contributed by atoms with Crippen molar-refractivity contribution in [2.24, 2.45) is 0 Å².